The highest BCUT2D eigenvalue weighted by Crippen LogP contribution is 2.38. The van der Waals surface area contributed by atoms with Crippen molar-refractivity contribution in [2.45, 2.75) is 20.4 Å². The topological polar surface area (TPSA) is 106 Å². The molecule has 0 aliphatic carbocycles. The zero-order chi connectivity index (χ0) is 30.7. The Bertz CT molecular complexity index is 1780. The molecule has 0 fully saturated rings. The number of nitrogens with one attached hydrogen (secondary N) is 1. The minimum absolute atomic E-state index is 0.0273. The van der Waals surface area contributed by atoms with Gasteiger partial charge in [0.15, 0.2) is 0 Å². The highest BCUT2D eigenvalue weighted by atomic mass is 19.1. The van der Waals surface area contributed by atoms with E-state index in [1.165, 1.54) is 38.0 Å². The number of amides is 1. The van der Waals surface area contributed by atoms with Crippen LogP contribution in [-0.2, 0) is 20.6 Å². The van der Waals surface area contributed by atoms with Crippen molar-refractivity contribution in [1.29, 1.82) is 0 Å². The van der Waals surface area contributed by atoms with E-state index in [-0.39, 0.29) is 18.7 Å². The lowest BCUT2D eigenvalue weighted by Gasteiger charge is -2.20. The highest BCUT2D eigenvalue weighted by Gasteiger charge is 2.19. The van der Waals surface area contributed by atoms with Crippen LogP contribution in [0, 0.1) is 19.7 Å². The maximum absolute atomic E-state index is 15.4. The number of ether oxygens (including phenoxy) is 1. The number of carbonyl (C=O) groups excluding carboxylic acids is 1. The molecule has 220 valence electrons. The Labute approximate surface area is 243 Å². The van der Waals surface area contributed by atoms with Gasteiger partial charge in [0.2, 0.25) is 0 Å². The molecule has 0 spiro atoms. The molecular weight excluding hydrogens is 539 g/mol. The summed E-state index contributed by atoms with van der Waals surface area (Å²) < 4.78 is 23.0. The summed E-state index contributed by atoms with van der Waals surface area (Å²) in [6, 6.07) is 14.6. The molecule has 1 amide bonds. The van der Waals surface area contributed by atoms with Crippen LogP contribution in [0.25, 0.3) is 22.3 Å². The van der Waals surface area contributed by atoms with Crippen LogP contribution in [0.1, 0.15) is 27.0 Å². The maximum Gasteiger partial charge on any atom is 0.330 e. The smallest absolute Gasteiger partial charge is 0.330 e. The summed E-state index contributed by atoms with van der Waals surface area (Å²) in [6.45, 7) is 4.50. The second kappa shape index (κ2) is 12.5. The molecule has 0 radical (unpaired) electrons. The third-order valence-electron chi connectivity index (χ3n) is 7.49. The Morgan fingerprint density at radius 2 is 1.67 bits per heavy atom. The van der Waals surface area contributed by atoms with Crippen molar-refractivity contribution in [3.8, 4) is 28.0 Å². The number of benzene rings is 3. The fraction of sp³-hybridized carbons (Fsp3) is 0.281. The molecular formula is C32H35FN4O5. The summed E-state index contributed by atoms with van der Waals surface area (Å²) in [5, 5.41) is 12.0. The molecule has 1 aromatic heterocycles. The molecule has 3 aromatic carbocycles. The second-order valence-electron chi connectivity index (χ2n) is 10.3. The summed E-state index contributed by atoms with van der Waals surface area (Å²) in [5.74, 6) is -0.598. The van der Waals surface area contributed by atoms with Crippen molar-refractivity contribution < 1.29 is 19.0 Å². The normalized spacial score (nSPS) is 11.2. The quantitative estimate of drug-likeness (QED) is 0.315. The standard InChI is InChI=1S/C32H35FN4O5/c1-19-22(21-15-27(33)25(29(16-21)42-6)17-35(3)13-14-38)9-7-10-23(19)24-11-8-12-28(20(24)2)34-30(39)26-18-36(4)32(41)37(5)31(26)40/h7-12,15-16,18,38H,13-14,17H2,1-6H3,(H,34,39). The van der Waals surface area contributed by atoms with Gasteiger partial charge in [-0.25, -0.2) is 9.18 Å². The summed E-state index contributed by atoms with van der Waals surface area (Å²) >= 11 is 0. The molecule has 1 heterocycles. The number of likely N-dealkylation sites (N-methyl/N-ethyl adjacent to an activating group) is 1. The summed E-state index contributed by atoms with van der Waals surface area (Å²) in [6.07, 6.45) is 1.23. The Morgan fingerprint density at radius 1 is 1.02 bits per heavy atom. The number of halogens is 1. The van der Waals surface area contributed by atoms with Crippen LogP contribution in [-0.4, -0.2) is 52.4 Å². The molecule has 0 bridgehead atoms. The second-order valence-corrected chi connectivity index (χ2v) is 10.3. The number of aryl methyl sites for hydroxylation is 1. The average molecular weight is 575 g/mol. The minimum Gasteiger partial charge on any atom is -0.496 e. The van der Waals surface area contributed by atoms with Crippen LogP contribution in [0.3, 0.4) is 0 Å². The number of aromatic nitrogens is 2. The van der Waals surface area contributed by atoms with Gasteiger partial charge in [0.1, 0.15) is 17.1 Å². The molecule has 9 nitrogen and oxygen atoms in total. The van der Waals surface area contributed by atoms with Gasteiger partial charge < -0.3 is 19.7 Å². The van der Waals surface area contributed by atoms with Crippen LogP contribution in [0.15, 0.2) is 64.3 Å². The number of nitrogens with zero attached hydrogens (tertiary/aromatic N) is 3. The van der Waals surface area contributed by atoms with Crippen molar-refractivity contribution in [2.75, 3.05) is 32.6 Å². The van der Waals surface area contributed by atoms with Gasteiger partial charge in [0.25, 0.3) is 11.5 Å². The lowest BCUT2D eigenvalue weighted by molar-refractivity contribution is 0.102. The Kier molecular flexibility index (Phi) is 9.08. The van der Waals surface area contributed by atoms with Gasteiger partial charge in [0, 0.05) is 44.6 Å². The van der Waals surface area contributed by atoms with Crippen LogP contribution >= 0.6 is 0 Å². The highest BCUT2D eigenvalue weighted by molar-refractivity contribution is 6.04. The fourth-order valence-electron chi connectivity index (χ4n) is 5.08. The third kappa shape index (κ3) is 5.90. The zero-order valence-electron chi connectivity index (χ0n) is 24.6. The monoisotopic (exact) mass is 574 g/mol. The Morgan fingerprint density at radius 3 is 2.33 bits per heavy atom. The third-order valence-corrected chi connectivity index (χ3v) is 7.49. The fourth-order valence-corrected chi connectivity index (χ4v) is 5.08. The first-order valence-corrected chi connectivity index (χ1v) is 13.4. The van der Waals surface area contributed by atoms with E-state index in [0.29, 0.717) is 29.1 Å². The predicted octanol–water partition coefficient (Wildman–Crippen LogP) is 3.86. The van der Waals surface area contributed by atoms with Gasteiger partial charge in [0.05, 0.1) is 13.7 Å². The lowest BCUT2D eigenvalue weighted by Crippen LogP contribution is -2.40. The van der Waals surface area contributed by atoms with E-state index in [4.69, 9.17) is 4.74 Å². The van der Waals surface area contributed by atoms with E-state index in [0.717, 1.165) is 32.4 Å². The van der Waals surface area contributed by atoms with Crippen LogP contribution in [0.4, 0.5) is 10.1 Å². The molecule has 0 unspecified atom stereocenters. The van der Waals surface area contributed by atoms with Crippen LogP contribution in [0.5, 0.6) is 5.75 Å². The molecule has 4 aromatic rings. The number of hydrogen-bond acceptors (Lipinski definition) is 6. The number of anilines is 1. The number of carbonyl (C=O) groups is 1. The van der Waals surface area contributed by atoms with E-state index in [1.807, 2.05) is 55.1 Å². The molecule has 4 rings (SSSR count). The summed E-state index contributed by atoms with van der Waals surface area (Å²) in [4.78, 5) is 39.5. The van der Waals surface area contributed by atoms with Crippen molar-refractivity contribution in [3.05, 3.63) is 104 Å². The van der Waals surface area contributed by atoms with E-state index in [2.05, 4.69) is 5.32 Å². The summed E-state index contributed by atoms with van der Waals surface area (Å²) in [5.41, 5.74) is 4.49. The molecule has 0 atom stereocenters. The minimum atomic E-state index is -0.679. The van der Waals surface area contributed by atoms with Gasteiger partial charge in [-0.1, -0.05) is 30.3 Å². The first-order valence-electron chi connectivity index (χ1n) is 13.4. The number of aliphatic hydroxyl groups excluding tert-OH is 1. The SMILES string of the molecule is COc1cc(-c2cccc(-c3cccc(NC(=O)c4cn(C)c(=O)n(C)c4=O)c3C)c2C)cc(F)c1CN(C)CCO. The molecule has 0 saturated heterocycles. The molecule has 0 aliphatic rings. The molecule has 2 N–H and O–H groups in total. The molecule has 10 heteroatoms. The lowest BCUT2D eigenvalue weighted by atomic mass is 9.90. The Balaban J connectivity index is 1.72. The Hall–Kier alpha value is -4.54. The number of aliphatic hydroxyl groups is 1. The molecule has 0 saturated carbocycles. The van der Waals surface area contributed by atoms with Gasteiger partial charge in [-0.15, -0.1) is 0 Å². The average Bonchev–Trinajstić information content (AvgIpc) is 2.96. The van der Waals surface area contributed by atoms with E-state index in [1.54, 1.807) is 13.1 Å². The van der Waals surface area contributed by atoms with Gasteiger partial charge in [-0.2, -0.15) is 0 Å². The largest absolute Gasteiger partial charge is 0.496 e. The van der Waals surface area contributed by atoms with E-state index >= 15 is 4.39 Å². The van der Waals surface area contributed by atoms with E-state index in [9.17, 15) is 19.5 Å². The zero-order valence-corrected chi connectivity index (χ0v) is 24.6. The number of methoxy groups -OCH3 is 1. The number of hydrogen-bond donors (Lipinski definition) is 2. The van der Waals surface area contributed by atoms with Crippen LogP contribution in [0.2, 0.25) is 0 Å². The maximum atomic E-state index is 15.4. The predicted molar refractivity (Wildman–Crippen MR) is 162 cm³/mol. The summed E-state index contributed by atoms with van der Waals surface area (Å²) in [7, 11) is 6.11. The van der Waals surface area contributed by atoms with Crippen molar-refractivity contribution in [3.63, 3.8) is 0 Å². The van der Waals surface area contributed by atoms with Gasteiger partial charge in [-0.3, -0.25) is 19.1 Å². The number of rotatable bonds is 9. The molecule has 0 aliphatic heterocycles. The van der Waals surface area contributed by atoms with Crippen molar-refractivity contribution >= 4 is 11.6 Å². The van der Waals surface area contributed by atoms with E-state index < -0.39 is 23.0 Å². The first kappa shape index (κ1) is 30.4. The van der Waals surface area contributed by atoms with Gasteiger partial charge in [-0.05, 0) is 72.5 Å². The first-order chi connectivity index (χ1) is 20.0. The van der Waals surface area contributed by atoms with Gasteiger partial charge >= 0.3 is 5.69 Å². The van der Waals surface area contributed by atoms with Crippen molar-refractivity contribution in [1.82, 2.24) is 14.0 Å². The molecule has 42 heavy (non-hydrogen) atoms. The van der Waals surface area contributed by atoms with Crippen LogP contribution < -0.4 is 21.3 Å². The van der Waals surface area contributed by atoms with Crippen molar-refractivity contribution in [2.24, 2.45) is 14.1 Å².